The van der Waals surface area contributed by atoms with E-state index in [0.717, 1.165) is 35.6 Å². The molecule has 106 valence electrons. The first kappa shape index (κ1) is 13.8. The summed E-state index contributed by atoms with van der Waals surface area (Å²) in [6, 6.07) is 8.67. The maximum atomic E-state index is 6.24. The summed E-state index contributed by atoms with van der Waals surface area (Å²) >= 11 is 6.24. The van der Waals surface area contributed by atoms with Crippen molar-refractivity contribution in [2.45, 2.75) is 25.4 Å². The van der Waals surface area contributed by atoms with Crippen molar-refractivity contribution < 1.29 is 0 Å². The molecule has 1 fully saturated rings. The summed E-state index contributed by atoms with van der Waals surface area (Å²) in [4.78, 5) is 7.02. The molecule has 1 aliphatic heterocycles. The lowest BCUT2D eigenvalue weighted by Gasteiger charge is -2.32. The summed E-state index contributed by atoms with van der Waals surface area (Å²) in [5.41, 5.74) is 2.30. The summed E-state index contributed by atoms with van der Waals surface area (Å²) in [7, 11) is 2.05. The smallest absolute Gasteiger partial charge is 0.0747 e. The number of hydrogen-bond donors (Lipinski definition) is 1. The molecule has 0 aliphatic carbocycles. The minimum absolute atomic E-state index is 0.599. The molecule has 20 heavy (non-hydrogen) atoms. The fourth-order valence-electron chi connectivity index (χ4n) is 3.02. The van der Waals surface area contributed by atoms with Crippen molar-refractivity contribution in [3.63, 3.8) is 0 Å². The predicted octanol–water partition coefficient (Wildman–Crippen LogP) is 3.07. The van der Waals surface area contributed by atoms with Gasteiger partial charge in [0.05, 0.1) is 5.52 Å². The van der Waals surface area contributed by atoms with Crippen LogP contribution in [0, 0.1) is 0 Å². The fraction of sp³-hybridized carbons (Fsp3) is 0.438. The van der Waals surface area contributed by atoms with Crippen LogP contribution in [-0.4, -0.2) is 36.1 Å². The van der Waals surface area contributed by atoms with Gasteiger partial charge in [-0.2, -0.15) is 0 Å². The zero-order valence-electron chi connectivity index (χ0n) is 11.8. The Morgan fingerprint density at radius 1 is 1.45 bits per heavy atom. The number of fused-ring (bicyclic) bond motifs is 1. The molecule has 1 N–H and O–H groups in total. The van der Waals surface area contributed by atoms with Gasteiger partial charge in [0.25, 0.3) is 0 Å². The number of likely N-dealkylation sites (N-methyl/N-ethyl adjacent to an activating group) is 1. The molecule has 2 aromatic rings. The van der Waals surface area contributed by atoms with E-state index in [4.69, 9.17) is 11.6 Å². The van der Waals surface area contributed by atoms with E-state index < -0.39 is 0 Å². The van der Waals surface area contributed by atoms with Gasteiger partial charge in [0.15, 0.2) is 0 Å². The number of likely N-dealkylation sites (tertiary alicyclic amines) is 1. The minimum atomic E-state index is 0.599. The predicted molar refractivity (Wildman–Crippen MR) is 84.1 cm³/mol. The van der Waals surface area contributed by atoms with Gasteiger partial charge >= 0.3 is 0 Å². The van der Waals surface area contributed by atoms with Crippen LogP contribution in [0.2, 0.25) is 5.02 Å². The molecule has 1 unspecified atom stereocenters. The molecule has 0 bridgehead atoms. The summed E-state index contributed by atoms with van der Waals surface area (Å²) in [6.45, 7) is 3.17. The first-order valence-electron chi connectivity index (χ1n) is 7.19. The topological polar surface area (TPSA) is 28.2 Å². The van der Waals surface area contributed by atoms with E-state index in [1.807, 2.05) is 25.4 Å². The van der Waals surface area contributed by atoms with E-state index in [0.29, 0.717) is 6.04 Å². The number of piperidine rings is 1. The Bertz CT molecular complexity index is 599. The molecule has 0 spiro atoms. The molecule has 0 radical (unpaired) electrons. The summed E-state index contributed by atoms with van der Waals surface area (Å²) in [6.07, 6.45) is 4.37. The number of nitrogens with one attached hydrogen (secondary N) is 1. The molecule has 3 nitrogen and oxygen atoms in total. The van der Waals surface area contributed by atoms with Crippen LogP contribution in [0.15, 0.2) is 30.5 Å². The average Bonchev–Trinajstić information content (AvgIpc) is 2.47. The van der Waals surface area contributed by atoms with Gasteiger partial charge < -0.3 is 5.32 Å². The van der Waals surface area contributed by atoms with Gasteiger partial charge in [0.1, 0.15) is 0 Å². The van der Waals surface area contributed by atoms with E-state index in [1.165, 1.54) is 18.4 Å². The second-order valence-electron chi connectivity index (χ2n) is 5.50. The molecule has 1 aromatic carbocycles. The molecule has 1 aromatic heterocycles. The highest BCUT2D eigenvalue weighted by atomic mass is 35.5. The molecule has 1 aliphatic rings. The molecule has 1 saturated heterocycles. The zero-order chi connectivity index (χ0) is 13.9. The standard InChI is InChI=1S/C16H20ClN3/c1-18-15-5-3-7-20(11-15)10-13-9-14(17)8-12-4-2-6-19-16(12)13/h2,4,6,8-9,15,18H,3,5,7,10-11H2,1H3. The Morgan fingerprint density at radius 3 is 3.20 bits per heavy atom. The zero-order valence-corrected chi connectivity index (χ0v) is 12.5. The molecule has 1 atom stereocenters. The average molecular weight is 290 g/mol. The maximum Gasteiger partial charge on any atom is 0.0747 e. The second-order valence-corrected chi connectivity index (χ2v) is 5.94. The van der Waals surface area contributed by atoms with E-state index in [9.17, 15) is 0 Å². The van der Waals surface area contributed by atoms with E-state index in [-0.39, 0.29) is 0 Å². The normalized spacial score (nSPS) is 20.4. The second kappa shape index (κ2) is 6.08. The Hall–Kier alpha value is -1.16. The van der Waals surface area contributed by atoms with Crippen molar-refractivity contribution in [1.82, 2.24) is 15.2 Å². The Balaban J connectivity index is 1.86. The third-order valence-electron chi connectivity index (χ3n) is 4.06. The quantitative estimate of drug-likeness (QED) is 0.941. The number of nitrogens with zero attached hydrogens (tertiary/aromatic N) is 2. The van der Waals surface area contributed by atoms with Gasteiger partial charge in [-0.3, -0.25) is 9.88 Å². The molecule has 4 heteroatoms. The van der Waals surface area contributed by atoms with Crippen LogP contribution >= 0.6 is 11.6 Å². The highest BCUT2D eigenvalue weighted by Crippen LogP contribution is 2.24. The monoisotopic (exact) mass is 289 g/mol. The highest BCUT2D eigenvalue weighted by Gasteiger charge is 2.19. The first-order valence-corrected chi connectivity index (χ1v) is 7.57. The Kier molecular flexibility index (Phi) is 4.20. The van der Waals surface area contributed by atoms with Crippen molar-refractivity contribution in [3.05, 3.63) is 41.0 Å². The SMILES string of the molecule is CNC1CCCN(Cc2cc(Cl)cc3cccnc23)C1. The maximum absolute atomic E-state index is 6.24. The fourth-order valence-corrected chi connectivity index (χ4v) is 3.27. The largest absolute Gasteiger partial charge is 0.316 e. The van der Waals surface area contributed by atoms with Gasteiger partial charge in [-0.05, 0) is 50.2 Å². The van der Waals surface area contributed by atoms with E-state index in [1.54, 1.807) is 0 Å². The summed E-state index contributed by atoms with van der Waals surface area (Å²) in [5.74, 6) is 0. The van der Waals surface area contributed by atoms with Crippen molar-refractivity contribution in [2.75, 3.05) is 20.1 Å². The van der Waals surface area contributed by atoms with Crippen LogP contribution in [0.4, 0.5) is 0 Å². The first-order chi connectivity index (χ1) is 9.76. The molecular formula is C16H20ClN3. The van der Waals surface area contributed by atoms with Crippen LogP contribution in [0.5, 0.6) is 0 Å². The molecule has 0 amide bonds. The van der Waals surface area contributed by atoms with E-state index >= 15 is 0 Å². The van der Waals surface area contributed by atoms with Crippen LogP contribution < -0.4 is 5.32 Å². The molecule has 0 saturated carbocycles. The lowest BCUT2D eigenvalue weighted by molar-refractivity contribution is 0.188. The van der Waals surface area contributed by atoms with Crippen molar-refractivity contribution in [2.24, 2.45) is 0 Å². The van der Waals surface area contributed by atoms with E-state index in [2.05, 4.69) is 27.3 Å². The van der Waals surface area contributed by atoms with Crippen LogP contribution in [0.1, 0.15) is 18.4 Å². The van der Waals surface area contributed by atoms with Gasteiger partial charge in [-0.1, -0.05) is 17.7 Å². The lowest BCUT2D eigenvalue weighted by Crippen LogP contribution is -2.43. The molecular weight excluding hydrogens is 270 g/mol. The van der Waals surface area contributed by atoms with Gasteiger partial charge in [0.2, 0.25) is 0 Å². The van der Waals surface area contributed by atoms with Gasteiger partial charge in [-0.25, -0.2) is 0 Å². The third kappa shape index (κ3) is 2.95. The van der Waals surface area contributed by atoms with Crippen molar-refractivity contribution in [1.29, 1.82) is 0 Å². The Morgan fingerprint density at radius 2 is 2.35 bits per heavy atom. The summed E-state index contributed by atoms with van der Waals surface area (Å²) in [5, 5.41) is 5.30. The Labute approximate surface area is 124 Å². The minimum Gasteiger partial charge on any atom is -0.316 e. The number of rotatable bonds is 3. The summed E-state index contributed by atoms with van der Waals surface area (Å²) < 4.78 is 0. The highest BCUT2D eigenvalue weighted by molar-refractivity contribution is 6.31. The number of halogens is 1. The van der Waals surface area contributed by atoms with Gasteiger partial charge in [0, 0.05) is 35.7 Å². The third-order valence-corrected chi connectivity index (χ3v) is 4.27. The lowest BCUT2D eigenvalue weighted by atomic mass is 10.0. The van der Waals surface area contributed by atoms with Crippen LogP contribution in [0.25, 0.3) is 10.9 Å². The number of aromatic nitrogens is 1. The van der Waals surface area contributed by atoms with Crippen LogP contribution in [-0.2, 0) is 6.54 Å². The number of benzene rings is 1. The van der Waals surface area contributed by atoms with Crippen molar-refractivity contribution in [3.8, 4) is 0 Å². The van der Waals surface area contributed by atoms with Gasteiger partial charge in [-0.15, -0.1) is 0 Å². The molecule has 2 heterocycles. The number of pyridine rings is 1. The molecule has 3 rings (SSSR count). The van der Waals surface area contributed by atoms with Crippen molar-refractivity contribution >= 4 is 22.5 Å². The van der Waals surface area contributed by atoms with Crippen LogP contribution in [0.3, 0.4) is 0 Å². The number of hydrogen-bond acceptors (Lipinski definition) is 3.